The Morgan fingerprint density at radius 3 is 2.40 bits per heavy atom. The van der Waals surface area contributed by atoms with Crippen LogP contribution in [0.4, 0.5) is 13.2 Å². The molecule has 3 aromatic rings. The van der Waals surface area contributed by atoms with Crippen LogP contribution in [-0.2, 0) is 6.18 Å². The maximum absolute atomic E-state index is 13.7. The Hall–Kier alpha value is -3.10. The molecule has 0 spiro atoms. The first-order valence-corrected chi connectivity index (χ1v) is 9.68. The highest BCUT2D eigenvalue weighted by Crippen LogP contribution is 2.33. The van der Waals surface area contributed by atoms with E-state index in [0.29, 0.717) is 34.8 Å². The number of rotatable bonds is 3. The van der Waals surface area contributed by atoms with E-state index in [1.54, 1.807) is 29.2 Å². The summed E-state index contributed by atoms with van der Waals surface area (Å²) in [5.74, 6) is 0.746. The average Bonchev–Trinajstić information content (AvgIpc) is 3.16. The lowest BCUT2D eigenvalue weighted by Gasteiger charge is -2.29. The summed E-state index contributed by atoms with van der Waals surface area (Å²) in [6.45, 7) is 3.27. The fraction of sp³-hybridized carbons (Fsp3) is 0.381. The molecule has 0 unspecified atom stereocenters. The first kappa shape index (κ1) is 20.2. The molecule has 4 rings (SSSR count). The number of carbonyl (C=O) groups excluding carboxylic acids is 1. The van der Waals surface area contributed by atoms with E-state index < -0.39 is 11.9 Å². The lowest BCUT2D eigenvalue weighted by molar-refractivity contribution is -0.142. The number of hydrogen-bond acceptors (Lipinski definition) is 4. The van der Waals surface area contributed by atoms with Gasteiger partial charge in [-0.2, -0.15) is 18.3 Å². The van der Waals surface area contributed by atoms with Crippen molar-refractivity contribution in [2.24, 2.45) is 5.92 Å². The summed E-state index contributed by atoms with van der Waals surface area (Å²) >= 11 is 0. The highest BCUT2D eigenvalue weighted by Gasteiger charge is 2.36. The van der Waals surface area contributed by atoms with Crippen LogP contribution >= 0.6 is 0 Å². The monoisotopic (exact) mass is 418 g/mol. The van der Waals surface area contributed by atoms with E-state index in [1.807, 2.05) is 0 Å². The van der Waals surface area contributed by atoms with Gasteiger partial charge in [0.2, 0.25) is 0 Å². The molecule has 3 heterocycles. The molecule has 1 saturated heterocycles. The van der Waals surface area contributed by atoms with Gasteiger partial charge in [0.1, 0.15) is 5.75 Å². The molecule has 1 aromatic carbocycles. The normalized spacial score (nSPS) is 15.6. The molecule has 0 saturated carbocycles. The lowest BCUT2D eigenvalue weighted by atomic mass is 9.99. The van der Waals surface area contributed by atoms with Gasteiger partial charge in [-0.05, 0) is 49.1 Å². The Bertz CT molecular complexity index is 1070. The van der Waals surface area contributed by atoms with Crippen molar-refractivity contribution < 1.29 is 22.7 Å². The molecule has 0 bridgehead atoms. The predicted octanol–water partition coefficient (Wildman–Crippen LogP) is 4.30. The number of piperidine rings is 1. The molecule has 1 aliphatic heterocycles. The third kappa shape index (κ3) is 3.83. The number of fused-ring (bicyclic) bond motifs is 1. The number of hydrogen-bond donors (Lipinski definition) is 0. The fourth-order valence-corrected chi connectivity index (χ4v) is 3.56. The molecule has 9 heteroatoms. The number of halogens is 3. The molecule has 1 fully saturated rings. The summed E-state index contributed by atoms with van der Waals surface area (Å²) in [5.41, 5.74) is -0.394. The second-order valence-corrected chi connectivity index (χ2v) is 7.53. The van der Waals surface area contributed by atoms with Gasteiger partial charge in [0.05, 0.1) is 12.8 Å². The van der Waals surface area contributed by atoms with Crippen LogP contribution in [0.3, 0.4) is 0 Å². The predicted molar refractivity (Wildman–Crippen MR) is 104 cm³/mol. The largest absolute Gasteiger partial charge is 0.497 e. The Morgan fingerprint density at radius 2 is 1.80 bits per heavy atom. The molecule has 30 heavy (non-hydrogen) atoms. The first-order valence-electron chi connectivity index (χ1n) is 9.68. The Morgan fingerprint density at radius 1 is 1.13 bits per heavy atom. The second kappa shape index (κ2) is 7.62. The molecule has 0 N–H and O–H groups in total. The first-order chi connectivity index (χ1) is 14.3. The van der Waals surface area contributed by atoms with Crippen molar-refractivity contribution in [3.8, 4) is 17.0 Å². The lowest BCUT2D eigenvalue weighted by Crippen LogP contribution is -2.38. The summed E-state index contributed by atoms with van der Waals surface area (Å²) in [4.78, 5) is 18.8. The number of benzene rings is 1. The molecule has 6 nitrogen and oxygen atoms in total. The van der Waals surface area contributed by atoms with Crippen molar-refractivity contribution >= 4 is 11.6 Å². The number of ether oxygens (including phenoxy) is 1. The van der Waals surface area contributed by atoms with E-state index in [0.717, 1.165) is 18.9 Å². The van der Waals surface area contributed by atoms with Crippen LogP contribution in [0.1, 0.15) is 35.9 Å². The summed E-state index contributed by atoms with van der Waals surface area (Å²) in [5, 5.41) is 3.96. The van der Waals surface area contributed by atoms with Gasteiger partial charge in [-0.25, -0.2) is 9.50 Å². The Balaban J connectivity index is 1.76. The number of amides is 1. The number of likely N-dealkylation sites (tertiary alicyclic amines) is 1. The van der Waals surface area contributed by atoms with Crippen LogP contribution in [0.2, 0.25) is 0 Å². The van der Waals surface area contributed by atoms with Gasteiger partial charge >= 0.3 is 6.18 Å². The van der Waals surface area contributed by atoms with Gasteiger partial charge in [0.15, 0.2) is 17.0 Å². The van der Waals surface area contributed by atoms with Crippen molar-refractivity contribution in [1.29, 1.82) is 0 Å². The average molecular weight is 418 g/mol. The zero-order chi connectivity index (χ0) is 21.5. The maximum Gasteiger partial charge on any atom is 0.433 e. The highest BCUT2D eigenvalue weighted by molar-refractivity contribution is 5.93. The van der Waals surface area contributed by atoms with E-state index >= 15 is 0 Å². The van der Waals surface area contributed by atoms with Crippen LogP contribution in [-0.4, -0.2) is 45.6 Å². The van der Waals surface area contributed by atoms with Crippen molar-refractivity contribution in [2.75, 3.05) is 20.2 Å². The fourth-order valence-electron chi connectivity index (χ4n) is 3.56. The number of carbonyl (C=O) groups is 1. The van der Waals surface area contributed by atoms with Crippen LogP contribution in [0.25, 0.3) is 16.9 Å². The third-order valence-electron chi connectivity index (χ3n) is 5.39. The smallest absolute Gasteiger partial charge is 0.433 e. The van der Waals surface area contributed by atoms with Crippen LogP contribution < -0.4 is 4.74 Å². The third-order valence-corrected chi connectivity index (χ3v) is 5.39. The number of methoxy groups -OCH3 is 1. The number of nitrogens with zero attached hydrogens (tertiary/aromatic N) is 4. The summed E-state index contributed by atoms with van der Waals surface area (Å²) in [6, 6.07) is 8.83. The van der Waals surface area contributed by atoms with Gasteiger partial charge in [0.25, 0.3) is 5.91 Å². The van der Waals surface area contributed by atoms with Crippen molar-refractivity contribution in [1.82, 2.24) is 19.5 Å². The Kier molecular flexibility index (Phi) is 5.13. The van der Waals surface area contributed by atoms with Gasteiger partial charge in [-0.3, -0.25) is 4.79 Å². The molecule has 1 aliphatic rings. The van der Waals surface area contributed by atoms with E-state index in [9.17, 15) is 18.0 Å². The van der Waals surface area contributed by atoms with E-state index in [4.69, 9.17) is 4.74 Å². The molecular formula is C21H21F3N4O2. The molecule has 158 valence electrons. The molecule has 0 atom stereocenters. The topological polar surface area (TPSA) is 59.7 Å². The molecular weight excluding hydrogens is 397 g/mol. The van der Waals surface area contributed by atoms with E-state index in [1.165, 1.54) is 13.2 Å². The van der Waals surface area contributed by atoms with Gasteiger partial charge < -0.3 is 9.64 Å². The van der Waals surface area contributed by atoms with Gasteiger partial charge in [0, 0.05) is 24.7 Å². The molecule has 2 aromatic heterocycles. The van der Waals surface area contributed by atoms with Gasteiger partial charge in [-0.1, -0.05) is 6.92 Å². The van der Waals surface area contributed by atoms with Gasteiger partial charge in [-0.15, -0.1) is 0 Å². The summed E-state index contributed by atoms with van der Waals surface area (Å²) in [6.07, 6.45) is -2.92. The zero-order valence-electron chi connectivity index (χ0n) is 16.6. The molecule has 0 radical (unpaired) electrons. The minimum absolute atomic E-state index is 0.0237. The Labute approximate surface area is 171 Å². The quantitative estimate of drug-likeness (QED) is 0.637. The standard InChI is InChI=1S/C21H21F3N4O2/c1-13-7-9-27(10-8-13)20(29)17-12-19-25-16(14-3-5-15(30-2)6-4-14)11-18(21(22,23)24)28(19)26-17/h3-6,11-13H,7-10H2,1-2H3. The number of alkyl halides is 3. The minimum Gasteiger partial charge on any atom is -0.497 e. The number of aromatic nitrogens is 3. The highest BCUT2D eigenvalue weighted by atomic mass is 19.4. The maximum atomic E-state index is 13.7. The molecule has 1 amide bonds. The van der Waals surface area contributed by atoms with E-state index in [-0.39, 0.29) is 22.9 Å². The summed E-state index contributed by atoms with van der Waals surface area (Å²) < 4.78 is 47.0. The second-order valence-electron chi connectivity index (χ2n) is 7.53. The van der Waals surface area contributed by atoms with Crippen LogP contribution in [0.5, 0.6) is 5.75 Å². The minimum atomic E-state index is -4.66. The SMILES string of the molecule is COc1ccc(-c2cc(C(F)(F)F)n3nc(C(=O)N4CCC(C)CC4)cc3n2)cc1. The van der Waals surface area contributed by atoms with Crippen molar-refractivity contribution in [2.45, 2.75) is 25.9 Å². The van der Waals surface area contributed by atoms with Crippen molar-refractivity contribution in [3.63, 3.8) is 0 Å². The zero-order valence-corrected chi connectivity index (χ0v) is 16.6. The van der Waals surface area contributed by atoms with E-state index in [2.05, 4.69) is 17.0 Å². The van der Waals surface area contributed by atoms with Crippen LogP contribution in [0.15, 0.2) is 36.4 Å². The molecule has 0 aliphatic carbocycles. The summed E-state index contributed by atoms with van der Waals surface area (Å²) in [7, 11) is 1.51. The van der Waals surface area contributed by atoms with Crippen LogP contribution in [0, 0.1) is 5.92 Å². The van der Waals surface area contributed by atoms with Crippen molar-refractivity contribution in [3.05, 3.63) is 47.8 Å².